The first-order valence-electron chi connectivity index (χ1n) is 5.77. The molecule has 1 aliphatic heterocycles. The molecule has 98 valence electrons. The monoisotopic (exact) mass is 242 g/mol. The third kappa shape index (κ3) is 2.44. The van der Waals surface area contributed by atoms with Crippen LogP contribution in [0.4, 0.5) is 0 Å². The highest BCUT2D eigenvalue weighted by molar-refractivity contribution is 5.89. The second-order valence-corrected chi connectivity index (χ2v) is 6.54. The first-order chi connectivity index (χ1) is 7.48. The van der Waals surface area contributed by atoms with Gasteiger partial charge in [-0.1, -0.05) is 34.6 Å². The van der Waals surface area contributed by atoms with Crippen molar-refractivity contribution in [3.63, 3.8) is 0 Å². The molecule has 0 aromatic carbocycles. The van der Waals surface area contributed by atoms with E-state index in [1.807, 2.05) is 34.6 Å². The normalized spacial score (nSPS) is 25.1. The van der Waals surface area contributed by atoms with Crippen LogP contribution in [0.2, 0.25) is 0 Å². The minimum absolute atomic E-state index is 0.274. The number of carbonyl (C=O) groups is 2. The Morgan fingerprint density at radius 3 is 2.18 bits per heavy atom. The molecule has 0 spiro atoms. The van der Waals surface area contributed by atoms with Gasteiger partial charge in [0.15, 0.2) is 0 Å². The van der Waals surface area contributed by atoms with Gasteiger partial charge in [-0.25, -0.2) is 4.79 Å². The van der Waals surface area contributed by atoms with Crippen molar-refractivity contribution in [3.05, 3.63) is 0 Å². The molecular formula is C12H22N2O3. The third-order valence-electron chi connectivity index (χ3n) is 3.35. The predicted molar refractivity (Wildman–Crippen MR) is 64.3 cm³/mol. The lowest BCUT2D eigenvalue weighted by Crippen LogP contribution is -2.70. The number of carboxylic acid groups (broad SMARTS) is 1. The largest absolute Gasteiger partial charge is 0.480 e. The van der Waals surface area contributed by atoms with Crippen molar-refractivity contribution in [1.29, 1.82) is 0 Å². The molecule has 0 aliphatic carbocycles. The zero-order valence-electron chi connectivity index (χ0n) is 11.2. The summed E-state index contributed by atoms with van der Waals surface area (Å²) in [6.45, 7) is 9.76. The summed E-state index contributed by atoms with van der Waals surface area (Å²) in [6.07, 6.45) is 0. The standard InChI is InChI=1S/C12H22N2O3/c1-11(2,3)7(13)9(15)14-6-12(4,5)8(14)10(16)17/h7-8H,6,13H2,1-5H3,(H,16,17)/t7?,8-/m1/s1. The van der Waals surface area contributed by atoms with E-state index in [-0.39, 0.29) is 16.7 Å². The number of likely N-dealkylation sites (tertiary alicyclic amines) is 1. The molecule has 1 amide bonds. The summed E-state index contributed by atoms with van der Waals surface area (Å²) in [6, 6.07) is -1.43. The number of hydrogen-bond acceptors (Lipinski definition) is 3. The first kappa shape index (κ1) is 14.0. The number of nitrogens with zero attached hydrogens (tertiary/aromatic N) is 1. The highest BCUT2D eigenvalue weighted by Crippen LogP contribution is 2.38. The molecule has 1 fully saturated rings. The van der Waals surface area contributed by atoms with E-state index in [0.717, 1.165) is 0 Å². The Bertz CT molecular complexity index is 344. The summed E-state index contributed by atoms with van der Waals surface area (Å²) < 4.78 is 0. The number of hydrogen-bond donors (Lipinski definition) is 2. The molecule has 1 unspecified atom stereocenters. The summed E-state index contributed by atoms with van der Waals surface area (Å²) in [4.78, 5) is 24.6. The molecule has 1 rings (SSSR count). The number of carbonyl (C=O) groups excluding carboxylic acids is 1. The number of amides is 1. The molecular weight excluding hydrogens is 220 g/mol. The van der Waals surface area contributed by atoms with E-state index in [4.69, 9.17) is 10.8 Å². The minimum atomic E-state index is -0.962. The lowest BCUT2D eigenvalue weighted by atomic mass is 9.73. The van der Waals surface area contributed by atoms with E-state index < -0.39 is 18.1 Å². The maximum atomic E-state index is 12.1. The highest BCUT2D eigenvalue weighted by atomic mass is 16.4. The maximum Gasteiger partial charge on any atom is 0.327 e. The molecule has 2 atom stereocenters. The smallest absolute Gasteiger partial charge is 0.327 e. The molecule has 5 nitrogen and oxygen atoms in total. The lowest BCUT2D eigenvalue weighted by molar-refractivity contribution is -0.173. The fourth-order valence-corrected chi connectivity index (χ4v) is 2.15. The number of rotatable bonds is 2. The van der Waals surface area contributed by atoms with Gasteiger partial charge >= 0.3 is 5.97 Å². The van der Waals surface area contributed by atoms with Crippen molar-refractivity contribution < 1.29 is 14.7 Å². The van der Waals surface area contributed by atoms with Crippen LogP contribution in [0.15, 0.2) is 0 Å². The van der Waals surface area contributed by atoms with Crippen LogP contribution in [-0.4, -0.2) is 40.5 Å². The highest BCUT2D eigenvalue weighted by Gasteiger charge is 2.53. The fourth-order valence-electron chi connectivity index (χ4n) is 2.15. The summed E-state index contributed by atoms with van der Waals surface area (Å²) >= 11 is 0. The Morgan fingerprint density at radius 1 is 1.41 bits per heavy atom. The number of nitrogens with two attached hydrogens (primary N) is 1. The molecule has 1 heterocycles. The van der Waals surface area contributed by atoms with E-state index in [9.17, 15) is 9.59 Å². The van der Waals surface area contributed by atoms with Gasteiger partial charge in [0.2, 0.25) is 5.91 Å². The quantitative estimate of drug-likeness (QED) is 0.746. The predicted octanol–water partition coefficient (Wildman–Crippen LogP) is 0.681. The first-order valence-corrected chi connectivity index (χ1v) is 5.77. The molecule has 0 aromatic rings. The summed E-state index contributed by atoms with van der Waals surface area (Å²) in [5.74, 6) is -1.24. The molecule has 17 heavy (non-hydrogen) atoms. The summed E-state index contributed by atoms with van der Waals surface area (Å²) in [7, 11) is 0. The maximum absolute atomic E-state index is 12.1. The van der Waals surface area contributed by atoms with Crippen molar-refractivity contribution in [1.82, 2.24) is 4.90 Å². The minimum Gasteiger partial charge on any atom is -0.480 e. The topological polar surface area (TPSA) is 83.6 Å². The Hall–Kier alpha value is -1.10. The van der Waals surface area contributed by atoms with Gasteiger partial charge in [-0.2, -0.15) is 0 Å². The zero-order valence-corrected chi connectivity index (χ0v) is 11.2. The van der Waals surface area contributed by atoms with Crippen molar-refractivity contribution >= 4 is 11.9 Å². The van der Waals surface area contributed by atoms with Crippen LogP contribution in [-0.2, 0) is 9.59 Å². The average Bonchev–Trinajstić information content (AvgIpc) is 2.09. The van der Waals surface area contributed by atoms with Crippen molar-refractivity contribution in [2.24, 2.45) is 16.6 Å². The molecule has 0 radical (unpaired) electrons. The van der Waals surface area contributed by atoms with E-state index in [0.29, 0.717) is 6.54 Å². The lowest BCUT2D eigenvalue weighted by Gasteiger charge is -2.53. The SMILES string of the molecule is CC(C)(C)C(N)C(=O)N1CC(C)(C)[C@H]1C(=O)O. The van der Waals surface area contributed by atoms with Crippen molar-refractivity contribution in [3.8, 4) is 0 Å². The van der Waals surface area contributed by atoms with Crippen LogP contribution in [0.1, 0.15) is 34.6 Å². The van der Waals surface area contributed by atoms with Crippen LogP contribution in [0.25, 0.3) is 0 Å². The van der Waals surface area contributed by atoms with Gasteiger partial charge in [-0.15, -0.1) is 0 Å². The number of carboxylic acids is 1. The molecule has 0 saturated carbocycles. The summed E-state index contributed by atoms with van der Waals surface area (Å²) in [5.41, 5.74) is 5.13. The molecule has 1 saturated heterocycles. The summed E-state index contributed by atoms with van der Waals surface area (Å²) in [5, 5.41) is 9.14. The Morgan fingerprint density at radius 2 is 1.88 bits per heavy atom. The van der Waals surface area contributed by atoms with Gasteiger partial charge in [0.05, 0.1) is 6.04 Å². The van der Waals surface area contributed by atoms with E-state index in [2.05, 4.69) is 0 Å². The van der Waals surface area contributed by atoms with E-state index >= 15 is 0 Å². The van der Waals surface area contributed by atoms with Crippen LogP contribution in [0.5, 0.6) is 0 Å². The fraction of sp³-hybridized carbons (Fsp3) is 0.833. The van der Waals surface area contributed by atoms with Crippen LogP contribution >= 0.6 is 0 Å². The third-order valence-corrected chi connectivity index (χ3v) is 3.35. The van der Waals surface area contributed by atoms with Gasteiger partial charge in [-0.3, -0.25) is 4.79 Å². The van der Waals surface area contributed by atoms with Gasteiger partial charge in [0.25, 0.3) is 0 Å². The van der Waals surface area contributed by atoms with Gasteiger partial charge in [0.1, 0.15) is 6.04 Å². The van der Waals surface area contributed by atoms with E-state index in [1.54, 1.807) is 0 Å². The van der Waals surface area contributed by atoms with Crippen molar-refractivity contribution in [2.45, 2.75) is 46.7 Å². The molecule has 5 heteroatoms. The number of aliphatic carboxylic acids is 1. The Kier molecular flexibility index (Phi) is 3.27. The van der Waals surface area contributed by atoms with Crippen LogP contribution in [0, 0.1) is 10.8 Å². The molecule has 0 aromatic heterocycles. The van der Waals surface area contributed by atoms with E-state index in [1.165, 1.54) is 4.90 Å². The van der Waals surface area contributed by atoms with Gasteiger partial charge in [-0.05, 0) is 5.41 Å². The van der Waals surface area contributed by atoms with Gasteiger partial charge in [0, 0.05) is 12.0 Å². The van der Waals surface area contributed by atoms with Crippen molar-refractivity contribution in [2.75, 3.05) is 6.54 Å². The Labute approximate surface area is 102 Å². The van der Waals surface area contributed by atoms with Crippen LogP contribution in [0.3, 0.4) is 0 Å². The molecule has 0 bridgehead atoms. The molecule has 1 aliphatic rings. The van der Waals surface area contributed by atoms with Gasteiger partial charge < -0.3 is 15.7 Å². The van der Waals surface area contributed by atoms with Crippen LogP contribution < -0.4 is 5.73 Å². The Balaban J connectivity index is 2.83. The second kappa shape index (κ2) is 3.98. The zero-order chi connectivity index (χ0) is 13.6. The second-order valence-electron chi connectivity index (χ2n) is 6.54. The molecule has 3 N–H and O–H groups in total. The average molecular weight is 242 g/mol.